The van der Waals surface area contributed by atoms with Gasteiger partial charge in [-0.05, 0) is 43.3 Å². The summed E-state index contributed by atoms with van der Waals surface area (Å²) in [7, 11) is -7.00. The van der Waals surface area contributed by atoms with Crippen molar-refractivity contribution in [3.05, 3.63) is 42.6 Å². The molecule has 0 radical (unpaired) electrons. The van der Waals surface area contributed by atoms with Gasteiger partial charge in [-0.3, -0.25) is 0 Å². The van der Waals surface area contributed by atoms with Crippen LogP contribution in [-0.4, -0.2) is 57.6 Å². The highest BCUT2D eigenvalue weighted by molar-refractivity contribution is 7.91. The van der Waals surface area contributed by atoms with Crippen molar-refractivity contribution in [2.75, 3.05) is 36.0 Å². The van der Waals surface area contributed by atoms with Gasteiger partial charge in [-0.2, -0.15) is 4.31 Å². The molecule has 0 aliphatic carbocycles. The molecule has 0 bridgehead atoms. The second-order valence-electron chi connectivity index (χ2n) is 6.78. The minimum Gasteiger partial charge on any atom is -0.384 e. The Hall–Kier alpha value is -2.61. The SMILES string of the molecule is CC#C[C@H]1CN(S(=O)(=O)c2ccc(N)nc2)CCN1c1ccc(S(=O)(=O)CC)cc1. The van der Waals surface area contributed by atoms with Crippen molar-refractivity contribution in [3.63, 3.8) is 0 Å². The minimum atomic E-state index is -3.72. The molecule has 1 saturated heterocycles. The highest BCUT2D eigenvalue weighted by Gasteiger charge is 2.34. The van der Waals surface area contributed by atoms with Crippen molar-refractivity contribution in [3.8, 4) is 11.8 Å². The fraction of sp³-hybridized carbons (Fsp3) is 0.350. The topological polar surface area (TPSA) is 114 Å². The normalized spacial score (nSPS) is 17.9. The minimum absolute atomic E-state index is 0.0345. The zero-order valence-corrected chi connectivity index (χ0v) is 18.4. The maximum absolute atomic E-state index is 13.0. The average Bonchev–Trinajstić information content (AvgIpc) is 2.74. The van der Waals surface area contributed by atoms with Crippen molar-refractivity contribution in [2.45, 2.75) is 29.7 Å². The van der Waals surface area contributed by atoms with Crippen LogP contribution in [0.25, 0.3) is 0 Å². The molecule has 10 heteroatoms. The number of benzene rings is 1. The molecule has 0 unspecified atom stereocenters. The quantitative estimate of drug-likeness (QED) is 0.687. The second kappa shape index (κ2) is 8.63. The van der Waals surface area contributed by atoms with E-state index < -0.39 is 19.9 Å². The maximum Gasteiger partial charge on any atom is 0.244 e. The second-order valence-corrected chi connectivity index (χ2v) is 11.0. The number of nitrogen functional groups attached to an aromatic ring is 1. The van der Waals surface area contributed by atoms with Crippen LogP contribution in [0.3, 0.4) is 0 Å². The Morgan fingerprint density at radius 2 is 1.73 bits per heavy atom. The van der Waals surface area contributed by atoms with E-state index in [0.717, 1.165) is 5.69 Å². The summed E-state index contributed by atoms with van der Waals surface area (Å²) in [5.41, 5.74) is 6.35. The first-order chi connectivity index (χ1) is 14.2. The van der Waals surface area contributed by atoms with E-state index in [4.69, 9.17) is 5.73 Å². The summed E-state index contributed by atoms with van der Waals surface area (Å²) >= 11 is 0. The van der Waals surface area contributed by atoms with Gasteiger partial charge in [0.15, 0.2) is 9.84 Å². The predicted molar refractivity (Wildman–Crippen MR) is 116 cm³/mol. The van der Waals surface area contributed by atoms with E-state index in [1.165, 1.54) is 22.6 Å². The Kier molecular flexibility index (Phi) is 6.36. The van der Waals surface area contributed by atoms with Crippen molar-refractivity contribution < 1.29 is 16.8 Å². The van der Waals surface area contributed by atoms with Crippen molar-refractivity contribution in [1.82, 2.24) is 9.29 Å². The summed E-state index contributed by atoms with van der Waals surface area (Å²) in [6.45, 7) is 4.17. The number of sulfone groups is 1. The van der Waals surface area contributed by atoms with E-state index in [2.05, 4.69) is 16.8 Å². The molecular formula is C20H24N4O4S2. The summed E-state index contributed by atoms with van der Waals surface area (Å²) in [5, 5.41) is 0. The molecule has 1 atom stereocenters. The van der Waals surface area contributed by atoms with Gasteiger partial charge in [0, 0.05) is 31.5 Å². The Morgan fingerprint density at radius 3 is 2.30 bits per heavy atom. The van der Waals surface area contributed by atoms with Crippen molar-refractivity contribution >= 4 is 31.4 Å². The molecule has 8 nitrogen and oxygen atoms in total. The standard InChI is InChI=1S/C20H24N4O4S2/c1-3-5-17-15-23(30(27,28)19-10-11-20(21)22-14-19)12-13-24(17)16-6-8-18(9-7-16)29(25,26)4-2/h6-11,14,17H,4,12-13,15H2,1-2H3,(H2,21,22)/t17-/m0/s1. The number of aromatic nitrogens is 1. The van der Waals surface area contributed by atoms with Crippen LogP contribution in [0.2, 0.25) is 0 Å². The summed E-state index contributed by atoms with van der Waals surface area (Å²) in [6, 6.07) is 9.16. The van der Waals surface area contributed by atoms with Crippen LogP contribution in [0.1, 0.15) is 13.8 Å². The highest BCUT2D eigenvalue weighted by atomic mass is 32.2. The van der Waals surface area contributed by atoms with E-state index in [1.54, 1.807) is 38.1 Å². The summed E-state index contributed by atoms with van der Waals surface area (Å²) in [5.74, 6) is 6.22. The first-order valence-electron chi connectivity index (χ1n) is 9.42. The van der Waals surface area contributed by atoms with Crippen LogP contribution in [0.15, 0.2) is 52.4 Å². The number of hydrogen-bond donors (Lipinski definition) is 1. The van der Waals surface area contributed by atoms with E-state index in [-0.39, 0.29) is 40.5 Å². The third kappa shape index (κ3) is 4.43. The number of sulfonamides is 1. The lowest BCUT2D eigenvalue weighted by Gasteiger charge is -2.39. The molecule has 0 saturated carbocycles. The van der Waals surface area contributed by atoms with Gasteiger partial charge in [0.2, 0.25) is 10.0 Å². The van der Waals surface area contributed by atoms with Gasteiger partial charge in [-0.15, -0.1) is 5.92 Å². The van der Waals surface area contributed by atoms with Crippen LogP contribution >= 0.6 is 0 Å². The van der Waals surface area contributed by atoms with Crippen LogP contribution in [0, 0.1) is 11.8 Å². The number of nitrogens with zero attached hydrogens (tertiary/aromatic N) is 3. The van der Waals surface area contributed by atoms with E-state index in [1.807, 2.05) is 4.90 Å². The monoisotopic (exact) mass is 448 g/mol. The van der Waals surface area contributed by atoms with Gasteiger partial charge in [0.25, 0.3) is 0 Å². The molecule has 0 spiro atoms. The largest absolute Gasteiger partial charge is 0.384 e. The first kappa shape index (κ1) is 22.1. The summed E-state index contributed by atoms with van der Waals surface area (Å²) in [6.07, 6.45) is 1.25. The molecule has 1 aromatic carbocycles. The number of hydrogen-bond acceptors (Lipinski definition) is 7. The summed E-state index contributed by atoms with van der Waals surface area (Å²) < 4.78 is 51.5. The van der Waals surface area contributed by atoms with Gasteiger partial charge in [-0.25, -0.2) is 21.8 Å². The molecule has 2 N–H and O–H groups in total. The molecule has 1 aromatic heterocycles. The molecular weight excluding hydrogens is 424 g/mol. The van der Waals surface area contributed by atoms with Crippen LogP contribution in [-0.2, 0) is 19.9 Å². The summed E-state index contributed by atoms with van der Waals surface area (Å²) in [4.78, 5) is 6.22. The Labute approximate surface area is 177 Å². The van der Waals surface area contributed by atoms with Gasteiger partial charge < -0.3 is 10.6 Å². The highest BCUT2D eigenvalue weighted by Crippen LogP contribution is 2.26. The van der Waals surface area contributed by atoms with Crippen LogP contribution in [0.4, 0.5) is 11.5 Å². The Bertz CT molecular complexity index is 1170. The number of piperazine rings is 1. The number of nitrogens with two attached hydrogens (primary N) is 1. The lowest BCUT2D eigenvalue weighted by molar-refractivity contribution is 0.360. The molecule has 3 rings (SSSR count). The fourth-order valence-electron chi connectivity index (χ4n) is 3.28. The molecule has 2 aromatic rings. The fourth-order valence-corrected chi connectivity index (χ4v) is 5.55. The molecule has 30 heavy (non-hydrogen) atoms. The van der Waals surface area contributed by atoms with Crippen LogP contribution < -0.4 is 10.6 Å². The van der Waals surface area contributed by atoms with E-state index in [0.29, 0.717) is 6.54 Å². The Morgan fingerprint density at radius 1 is 1.07 bits per heavy atom. The third-order valence-corrected chi connectivity index (χ3v) is 8.56. The van der Waals surface area contributed by atoms with Gasteiger partial charge in [-0.1, -0.05) is 12.8 Å². The molecule has 0 amide bonds. The smallest absolute Gasteiger partial charge is 0.244 e. The molecule has 2 heterocycles. The van der Waals surface area contributed by atoms with Gasteiger partial charge in [0.05, 0.1) is 10.6 Å². The van der Waals surface area contributed by atoms with Crippen LogP contribution in [0.5, 0.6) is 0 Å². The van der Waals surface area contributed by atoms with Crippen molar-refractivity contribution in [2.24, 2.45) is 0 Å². The first-order valence-corrected chi connectivity index (χ1v) is 12.5. The number of rotatable bonds is 5. The maximum atomic E-state index is 13.0. The van der Waals surface area contributed by atoms with Gasteiger partial charge in [0.1, 0.15) is 16.8 Å². The lowest BCUT2D eigenvalue weighted by atomic mass is 10.1. The molecule has 160 valence electrons. The Balaban J connectivity index is 1.85. The van der Waals surface area contributed by atoms with E-state index >= 15 is 0 Å². The number of pyridine rings is 1. The van der Waals surface area contributed by atoms with E-state index in [9.17, 15) is 16.8 Å². The zero-order valence-electron chi connectivity index (χ0n) is 16.8. The number of anilines is 2. The average molecular weight is 449 g/mol. The zero-order chi connectivity index (χ0) is 21.9. The lowest BCUT2D eigenvalue weighted by Crippen LogP contribution is -2.54. The predicted octanol–water partition coefficient (Wildman–Crippen LogP) is 1.36. The van der Waals surface area contributed by atoms with Crippen molar-refractivity contribution in [1.29, 1.82) is 0 Å². The molecule has 1 aliphatic rings. The third-order valence-electron chi connectivity index (χ3n) is 4.96. The van der Waals surface area contributed by atoms with Gasteiger partial charge >= 0.3 is 0 Å². The molecule has 1 aliphatic heterocycles. The molecule has 1 fully saturated rings.